The molecule has 0 radical (unpaired) electrons. The molecule has 3 heteroatoms. The summed E-state index contributed by atoms with van der Waals surface area (Å²) in [6, 6.07) is 10.0. The van der Waals surface area contributed by atoms with Crippen molar-refractivity contribution in [2.45, 2.75) is 0 Å². The summed E-state index contributed by atoms with van der Waals surface area (Å²) in [6.45, 7) is 0. The van der Waals surface area contributed by atoms with Crippen molar-refractivity contribution in [3.05, 3.63) is 30.3 Å². The fourth-order valence-electron chi connectivity index (χ4n) is 0.335. The Bertz CT molecular complexity index is 218. The van der Waals surface area contributed by atoms with E-state index in [1.54, 1.807) is 0 Å². The summed E-state index contributed by atoms with van der Waals surface area (Å²) in [5, 5.41) is 0. The maximum absolute atomic E-state index is 9.07. The molecule has 0 saturated carbocycles. The van der Waals surface area contributed by atoms with Gasteiger partial charge in [-0.1, -0.05) is 0 Å². The van der Waals surface area contributed by atoms with E-state index in [0.717, 1.165) is 0 Å². The monoisotopic (exact) mass is 314 g/mol. The molecule has 55 valence electrons. The molecule has 1 aromatic rings. The summed E-state index contributed by atoms with van der Waals surface area (Å²) >= 11 is -1.08. The molecule has 0 amide bonds. The van der Waals surface area contributed by atoms with Gasteiger partial charge in [0.05, 0.1) is 0 Å². The van der Waals surface area contributed by atoms with E-state index in [0.29, 0.717) is 0 Å². The van der Waals surface area contributed by atoms with Crippen LogP contribution in [0.3, 0.4) is 0 Å². The first kappa shape index (κ1) is 9.16. The van der Waals surface area contributed by atoms with Crippen LogP contribution in [0.25, 0.3) is 0 Å². The van der Waals surface area contributed by atoms with E-state index >= 15 is 0 Å². The molecule has 1 rings (SSSR count). The molecule has 0 saturated heterocycles. The molecule has 2 nitrogen and oxygen atoms in total. The third-order valence-electron chi connectivity index (χ3n) is 0.624. The van der Waals surface area contributed by atoms with Gasteiger partial charge < -0.3 is 0 Å². The molecule has 0 aliphatic rings. The van der Waals surface area contributed by atoms with Crippen LogP contribution in [0.2, 0.25) is 0 Å². The molecule has 0 atom stereocenters. The van der Waals surface area contributed by atoms with Gasteiger partial charge in [-0.2, -0.15) is 18.2 Å². The quantitative estimate of drug-likeness (QED) is 0.658. The molecular weight excluding hydrogens is 308 g/mol. The van der Waals surface area contributed by atoms with Crippen LogP contribution in [0.15, 0.2) is 30.3 Å². The molecule has 0 unspecified atom stereocenters. The average Bonchev–Trinajstić information content (AvgIpc) is 2.44. The predicted molar refractivity (Wildman–Crippen MR) is 33.4 cm³/mol. The van der Waals surface area contributed by atoms with Gasteiger partial charge in [-0.15, -0.1) is 0 Å². The number of carbonyl (C=O) groups excluding carboxylic acids is 2. The Labute approximate surface area is 65.8 Å². The van der Waals surface area contributed by atoms with Crippen LogP contribution in [0.4, 0.5) is 0 Å². The van der Waals surface area contributed by atoms with Crippen LogP contribution >= 0.6 is 0 Å². The summed E-state index contributed by atoms with van der Waals surface area (Å²) in [5.41, 5.74) is 0. The molecule has 0 fully saturated rings. The number of hydrogen-bond donors (Lipinski definition) is 0. The second-order valence-corrected chi connectivity index (χ2v) is 2.76. The summed E-state index contributed by atoms with van der Waals surface area (Å²) in [4.78, 5) is 18.1. The first-order chi connectivity index (χ1) is 4.91. The second kappa shape index (κ2) is 8.16. The minimum atomic E-state index is -1.08. The Hall–Kier alpha value is -0.841. The van der Waals surface area contributed by atoms with Gasteiger partial charge in [0.25, 0.3) is 0 Å². The second-order valence-electron chi connectivity index (χ2n) is 1.18. The molecule has 0 N–H and O–H groups in total. The third-order valence-corrected chi connectivity index (χ3v) is 1.11. The number of rotatable bonds is 0. The largest absolute Gasteiger partial charge is 0.214 e. The van der Waals surface area contributed by atoms with Gasteiger partial charge in [-0.25, -0.2) is 12.1 Å². The van der Waals surface area contributed by atoms with E-state index < -0.39 is 16.8 Å². The van der Waals surface area contributed by atoms with Crippen molar-refractivity contribution in [3.8, 4) is 0 Å². The van der Waals surface area contributed by atoms with Crippen molar-refractivity contribution in [2.24, 2.45) is 0 Å². The Morgan fingerprint density at radius 3 is 1.70 bits per heavy atom. The van der Waals surface area contributed by atoms with Gasteiger partial charge in [0.2, 0.25) is 0 Å². The summed E-state index contributed by atoms with van der Waals surface area (Å²) in [7, 11) is 0. The zero-order valence-corrected chi connectivity index (χ0v) is 7.43. The standard InChI is InChI=1S/C5H5.2CO.Ir/c1-2-4-5-3-1;2*1-2;/h1-5H;;;/q-1;;;. The summed E-state index contributed by atoms with van der Waals surface area (Å²) in [6.07, 6.45) is 0. The molecule has 0 bridgehead atoms. The maximum Gasteiger partial charge on any atom is -0.172 e. The molecule has 0 heterocycles. The van der Waals surface area contributed by atoms with Crippen LogP contribution < -0.4 is 0 Å². The topological polar surface area (TPSA) is 34.1 Å². The van der Waals surface area contributed by atoms with E-state index in [1.165, 1.54) is 8.79 Å². The normalized spacial score (nSPS) is 6.40. The van der Waals surface area contributed by atoms with Crippen molar-refractivity contribution in [1.29, 1.82) is 0 Å². The molecular formula is C7H5IrO2-. The van der Waals surface area contributed by atoms with Crippen molar-refractivity contribution in [3.63, 3.8) is 0 Å². The zero-order valence-electron chi connectivity index (χ0n) is 5.04. The first-order valence-corrected chi connectivity index (χ1v) is 4.80. The van der Waals surface area contributed by atoms with Crippen LogP contribution in [0.1, 0.15) is 0 Å². The average molecular weight is 313 g/mol. The van der Waals surface area contributed by atoms with Gasteiger partial charge in [-0.05, 0) is 0 Å². The summed E-state index contributed by atoms with van der Waals surface area (Å²) in [5.74, 6) is 0. The van der Waals surface area contributed by atoms with Crippen molar-refractivity contribution in [2.75, 3.05) is 0 Å². The SMILES string of the molecule is O=[C]=[Ir]=[C]=O.c1cc[cH-]c1. The van der Waals surface area contributed by atoms with Gasteiger partial charge in [-0.3, -0.25) is 0 Å². The van der Waals surface area contributed by atoms with E-state index in [2.05, 4.69) is 0 Å². The van der Waals surface area contributed by atoms with Crippen molar-refractivity contribution >= 4 is 8.79 Å². The minimum absolute atomic E-state index is 1.08. The van der Waals surface area contributed by atoms with E-state index in [1.807, 2.05) is 30.3 Å². The van der Waals surface area contributed by atoms with Crippen molar-refractivity contribution < 1.29 is 26.4 Å². The zero-order chi connectivity index (χ0) is 7.66. The smallest absolute Gasteiger partial charge is 0.172 e. The van der Waals surface area contributed by atoms with Crippen LogP contribution in [0, 0.1) is 0 Å². The Balaban J connectivity index is 0.000000162. The van der Waals surface area contributed by atoms with E-state index in [4.69, 9.17) is 9.59 Å². The molecule has 0 aliphatic carbocycles. The first-order valence-electron chi connectivity index (χ1n) is 2.41. The Morgan fingerprint density at radius 1 is 1.10 bits per heavy atom. The molecule has 0 aliphatic heterocycles. The van der Waals surface area contributed by atoms with Crippen LogP contribution in [0.5, 0.6) is 0 Å². The van der Waals surface area contributed by atoms with Crippen LogP contribution in [-0.4, -0.2) is 8.79 Å². The molecule has 10 heavy (non-hydrogen) atoms. The summed E-state index contributed by atoms with van der Waals surface area (Å²) < 4.78 is 2.94. The van der Waals surface area contributed by atoms with E-state index in [9.17, 15) is 0 Å². The Kier molecular flexibility index (Phi) is 7.47. The molecule has 0 spiro atoms. The van der Waals surface area contributed by atoms with Crippen molar-refractivity contribution in [1.82, 2.24) is 0 Å². The van der Waals surface area contributed by atoms with Gasteiger partial charge in [0.1, 0.15) is 0 Å². The van der Waals surface area contributed by atoms with E-state index in [-0.39, 0.29) is 0 Å². The van der Waals surface area contributed by atoms with Gasteiger partial charge in [0.15, 0.2) is 0 Å². The Morgan fingerprint density at radius 2 is 1.60 bits per heavy atom. The fraction of sp³-hybridized carbons (Fsp3) is 0. The number of hydrogen-bond acceptors (Lipinski definition) is 2. The van der Waals surface area contributed by atoms with Gasteiger partial charge in [0, 0.05) is 0 Å². The fourth-order valence-corrected chi connectivity index (χ4v) is 0.434. The van der Waals surface area contributed by atoms with Gasteiger partial charge >= 0.3 is 35.2 Å². The predicted octanol–water partition coefficient (Wildman–Crippen LogP) is 0.609. The maximum atomic E-state index is 9.07. The third kappa shape index (κ3) is 7.16. The minimum Gasteiger partial charge on any atom is -0.214 e. The molecule has 0 aromatic heterocycles. The van der Waals surface area contributed by atoms with Crippen LogP contribution in [-0.2, 0) is 26.4 Å². The molecule has 1 aromatic carbocycles.